The predicted octanol–water partition coefficient (Wildman–Crippen LogP) is 4.39. The number of fused-ring (bicyclic) bond motifs is 2. The van der Waals surface area contributed by atoms with Crippen LogP contribution >= 0.6 is 34.7 Å². The monoisotopic (exact) mass is 613 g/mol. The Kier molecular flexibility index (Phi) is 7.60. The number of ether oxygens (including phenoxy) is 2. The molecule has 3 aliphatic rings. The van der Waals surface area contributed by atoms with Crippen molar-refractivity contribution in [3.63, 3.8) is 0 Å². The number of benzene rings is 2. The molecule has 2 aromatic carbocycles. The highest BCUT2D eigenvalue weighted by Gasteiger charge is 2.57. The second-order valence-electron chi connectivity index (χ2n) is 10.2. The Morgan fingerprint density at radius 3 is 2.34 bits per heavy atom. The Hall–Kier alpha value is -3.28. The number of likely N-dealkylation sites (tertiary alicyclic amines) is 1. The van der Waals surface area contributed by atoms with Crippen molar-refractivity contribution in [1.82, 2.24) is 9.47 Å². The van der Waals surface area contributed by atoms with Crippen molar-refractivity contribution < 1.29 is 23.9 Å². The fraction of sp³-hybridized carbons (Fsp3) is 0.379. The summed E-state index contributed by atoms with van der Waals surface area (Å²) in [6.45, 7) is 1.25. The molecule has 0 N–H and O–H groups in total. The van der Waals surface area contributed by atoms with E-state index in [4.69, 9.17) is 21.1 Å². The van der Waals surface area contributed by atoms with Gasteiger partial charge in [0.1, 0.15) is 11.8 Å². The third-order valence-corrected chi connectivity index (χ3v) is 10.8. The van der Waals surface area contributed by atoms with Crippen LogP contribution in [0.5, 0.6) is 11.5 Å². The van der Waals surface area contributed by atoms with Gasteiger partial charge in [-0.25, -0.2) is 4.90 Å². The van der Waals surface area contributed by atoms with E-state index in [1.165, 1.54) is 35.4 Å². The molecule has 6 rings (SSSR count). The molecule has 0 bridgehead atoms. The first-order valence-electron chi connectivity index (χ1n) is 13.4. The molecule has 214 valence electrons. The highest BCUT2D eigenvalue weighted by Crippen LogP contribution is 2.54. The van der Waals surface area contributed by atoms with Crippen LogP contribution in [0.4, 0.5) is 5.69 Å². The molecule has 2 saturated heterocycles. The van der Waals surface area contributed by atoms with Crippen molar-refractivity contribution in [2.45, 2.75) is 42.0 Å². The van der Waals surface area contributed by atoms with Crippen molar-refractivity contribution in [1.29, 1.82) is 0 Å². The summed E-state index contributed by atoms with van der Waals surface area (Å²) in [4.78, 5) is 57.9. The summed E-state index contributed by atoms with van der Waals surface area (Å²) in [7, 11) is 3.07. The van der Waals surface area contributed by atoms with E-state index in [2.05, 4.69) is 0 Å². The third-order valence-electron chi connectivity index (χ3n) is 7.90. The van der Waals surface area contributed by atoms with Crippen LogP contribution in [0.2, 0.25) is 5.02 Å². The first kappa shape index (κ1) is 27.9. The molecule has 0 saturated carbocycles. The van der Waals surface area contributed by atoms with E-state index in [-0.39, 0.29) is 29.1 Å². The number of amides is 3. The lowest BCUT2D eigenvalue weighted by atomic mass is 9.83. The zero-order valence-corrected chi connectivity index (χ0v) is 24.9. The summed E-state index contributed by atoms with van der Waals surface area (Å²) < 4.78 is 12.4. The molecule has 3 atom stereocenters. The summed E-state index contributed by atoms with van der Waals surface area (Å²) in [6.07, 6.45) is 2.97. The number of halogens is 1. The molecule has 2 fully saturated rings. The Morgan fingerprint density at radius 2 is 1.66 bits per heavy atom. The third kappa shape index (κ3) is 4.83. The maximum absolute atomic E-state index is 14.0. The minimum Gasteiger partial charge on any atom is -0.493 e. The number of thiazole rings is 1. The molecule has 0 radical (unpaired) electrons. The summed E-state index contributed by atoms with van der Waals surface area (Å²) >= 11 is 8.30. The number of hydrogen-bond donors (Lipinski definition) is 0. The highest BCUT2D eigenvalue weighted by atomic mass is 35.5. The van der Waals surface area contributed by atoms with E-state index >= 15 is 0 Å². The van der Waals surface area contributed by atoms with Crippen LogP contribution < -0.4 is 19.2 Å². The Balaban J connectivity index is 1.46. The Bertz CT molecular complexity index is 1580. The van der Waals surface area contributed by atoms with Gasteiger partial charge >= 0.3 is 4.87 Å². The number of carbonyl (C=O) groups excluding carboxylic acids is 3. The molecule has 3 aliphatic heterocycles. The fourth-order valence-electron chi connectivity index (χ4n) is 5.88. The standard InChI is InChI=1S/C29H28ClN3O6S2/c1-38-19-11-6-16(14-20(19)39-2)22-23-24(27(36)33(26(23)35)18-9-7-17(30)8-10-18)40-28-25(22)41-29(37)32(28)15-21(34)31-12-4-3-5-13-31/h6-11,14,22-24H,3-5,12-13,15H2,1-2H3. The normalized spacial score (nSPS) is 22.0. The summed E-state index contributed by atoms with van der Waals surface area (Å²) in [5.74, 6) is -1.21. The molecule has 1 aromatic heterocycles. The van der Waals surface area contributed by atoms with Crippen molar-refractivity contribution >= 4 is 58.1 Å². The molecule has 41 heavy (non-hydrogen) atoms. The van der Waals surface area contributed by atoms with Crippen molar-refractivity contribution in [3.8, 4) is 11.5 Å². The van der Waals surface area contributed by atoms with Gasteiger partial charge in [-0.15, -0.1) is 0 Å². The van der Waals surface area contributed by atoms with E-state index < -0.39 is 17.1 Å². The number of piperidine rings is 1. The van der Waals surface area contributed by atoms with Crippen LogP contribution in [0, 0.1) is 5.92 Å². The summed E-state index contributed by atoms with van der Waals surface area (Å²) in [6, 6.07) is 11.9. The minimum atomic E-state index is -0.783. The summed E-state index contributed by atoms with van der Waals surface area (Å²) in [5, 5.41) is 0.270. The first-order chi connectivity index (χ1) is 19.8. The molecule has 0 spiro atoms. The zero-order chi connectivity index (χ0) is 28.8. The lowest BCUT2D eigenvalue weighted by Gasteiger charge is -2.31. The second kappa shape index (κ2) is 11.2. The molecule has 3 unspecified atom stereocenters. The SMILES string of the molecule is COc1ccc(C2c3sc(=O)n(CC(=O)N4CCCCC4)c3SC3C(=O)N(c4ccc(Cl)cc4)C(=O)C32)cc1OC. The smallest absolute Gasteiger partial charge is 0.308 e. The van der Waals surface area contributed by atoms with Crippen LogP contribution in [0.3, 0.4) is 0 Å². The predicted molar refractivity (Wildman–Crippen MR) is 157 cm³/mol. The largest absolute Gasteiger partial charge is 0.493 e. The van der Waals surface area contributed by atoms with Crippen LogP contribution in [0.1, 0.15) is 35.6 Å². The van der Waals surface area contributed by atoms with E-state index in [0.717, 1.165) is 30.6 Å². The fourth-order valence-corrected chi connectivity index (χ4v) is 8.78. The topological polar surface area (TPSA) is 98.1 Å². The van der Waals surface area contributed by atoms with Crippen LogP contribution in [0.25, 0.3) is 0 Å². The van der Waals surface area contributed by atoms with Crippen molar-refractivity contribution in [3.05, 3.63) is 67.6 Å². The van der Waals surface area contributed by atoms with E-state index in [0.29, 0.717) is 50.8 Å². The molecular formula is C29H28ClN3O6S2. The van der Waals surface area contributed by atoms with E-state index in [9.17, 15) is 19.2 Å². The van der Waals surface area contributed by atoms with Gasteiger partial charge in [0.05, 0.1) is 30.9 Å². The van der Waals surface area contributed by atoms with Gasteiger partial charge < -0.3 is 14.4 Å². The second-order valence-corrected chi connectivity index (χ2v) is 12.8. The summed E-state index contributed by atoms with van der Waals surface area (Å²) in [5.41, 5.74) is 1.15. The number of hydrogen-bond acceptors (Lipinski definition) is 8. The number of carbonyl (C=O) groups is 3. The van der Waals surface area contributed by atoms with Gasteiger partial charge in [0.2, 0.25) is 17.7 Å². The number of rotatable bonds is 6. The maximum atomic E-state index is 14.0. The van der Waals surface area contributed by atoms with Gasteiger partial charge in [-0.2, -0.15) is 0 Å². The number of methoxy groups -OCH3 is 2. The van der Waals surface area contributed by atoms with Crippen LogP contribution in [-0.2, 0) is 20.9 Å². The van der Waals surface area contributed by atoms with Gasteiger partial charge in [-0.1, -0.05) is 40.8 Å². The lowest BCUT2D eigenvalue weighted by Crippen LogP contribution is -2.39. The van der Waals surface area contributed by atoms with Gasteiger partial charge in [-0.05, 0) is 61.2 Å². The molecule has 3 aromatic rings. The van der Waals surface area contributed by atoms with E-state index in [1.807, 2.05) is 6.07 Å². The first-order valence-corrected chi connectivity index (χ1v) is 15.4. The number of anilines is 1. The molecule has 3 amide bonds. The number of nitrogens with zero attached hydrogens (tertiary/aromatic N) is 3. The molecule has 12 heteroatoms. The number of aromatic nitrogens is 1. The van der Waals surface area contributed by atoms with E-state index in [1.54, 1.807) is 41.3 Å². The number of thioether (sulfide) groups is 1. The Labute approximate surface area is 250 Å². The van der Waals surface area contributed by atoms with Crippen LogP contribution in [0.15, 0.2) is 52.3 Å². The minimum absolute atomic E-state index is 0.100. The Morgan fingerprint density at radius 1 is 0.951 bits per heavy atom. The maximum Gasteiger partial charge on any atom is 0.308 e. The van der Waals surface area contributed by atoms with Crippen LogP contribution in [-0.4, -0.2) is 59.7 Å². The molecule has 0 aliphatic carbocycles. The van der Waals surface area contributed by atoms with Crippen molar-refractivity contribution in [2.75, 3.05) is 32.2 Å². The van der Waals surface area contributed by atoms with Gasteiger partial charge in [0, 0.05) is 28.9 Å². The lowest BCUT2D eigenvalue weighted by molar-refractivity contribution is -0.133. The molecule has 4 heterocycles. The zero-order valence-electron chi connectivity index (χ0n) is 22.5. The average Bonchev–Trinajstić information content (AvgIpc) is 3.43. The van der Waals surface area contributed by atoms with Gasteiger partial charge in [0.25, 0.3) is 0 Å². The quantitative estimate of drug-likeness (QED) is 0.380. The molecular weight excluding hydrogens is 586 g/mol. The van der Waals surface area contributed by atoms with Gasteiger partial charge in [-0.3, -0.25) is 23.7 Å². The molecule has 9 nitrogen and oxygen atoms in total. The average molecular weight is 614 g/mol. The number of imide groups is 1. The highest BCUT2D eigenvalue weighted by molar-refractivity contribution is 8.00. The van der Waals surface area contributed by atoms with Crippen molar-refractivity contribution in [2.24, 2.45) is 5.92 Å². The van der Waals surface area contributed by atoms with Gasteiger partial charge in [0.15, 0.2) is 11.5 Å².